The van der Waals surface area contributed by atoms with Crippen LogP contribution in [-0.4, -0.2) is 43.2 Å². The van der Waals surface area contributed by atoms with E-state index in [9.17, 15) is 0 Å². The minimum atomic E-state index is 0.327. The van der Waals surface area contributed by atoms with Gasteiger partial charge in [0, 0.05) is 25.6 Å². The van der Waals surface area contributed by atoms with Gasteiger partial charge in [0.1, 0.15) is 11.9 Å². The van der Waals surface area contributed by atoms with Crippen LogP contribution in [0.1, 0.15) is 24.8 Å². The Labute approximate surface area is 121 Å². The molecule has 0 amide bonds. The third kappa shape index (κ3) is 2.70. The van der Waals surface area contributed by atoms with Crippen LogP contribution in [0.15, 0.2) is 24.3 Å². The van der Waals surface area contributed by atoms with Crippen LogP contribution in [-0.2, 0) is 6.42 Å². The van der Waals surface area contributed by atoms with Crippen molar-refractivity contribution in [2.24, 2.45) is 5.92 Å². The number of nitrogens with zero attached hydrogens (tertiary/aromatic N) is 1. The van der Waals surface area contributed by atoms with Crippen LogP contribution in [0.2, 0.25) is 0 Å². The number of hydrogen-bond donors (Lipinski definition) is 1. The minimum Gasteiger partial charge on any atom is -0.488 e. The first-order valence-corrected chi connectivity index (χ1v) is 8.08. The number of benzene rings is 1. The molecule has 2 aliphatic heterocycles. The molecule has 2 heterocycles. The van der Waals surface area contributed by atoms with Crippen molar-refractivity contribution in [3.8, 4) is 5.75 Å². The second-order valence-corrected chi connectivity index (χ2v) is 6.59. The van der Waals surface area contributed by atoms with Crippen molar-refractivity contribution in [2.45, 2.75) is 37.8 Å². The molecule has 4 rings (SSSR count). The van der Waals surface area contributed by atoms with Crippen molar-refractivity contribution in [1.29, 1.82) is 0 Å². The number of hydrogen-bond acceptors (Lipinski definition) is 3. The molecule has 2 fully saturated rings. The molecule has 1 saturated heterocycles. The SMILES string of the molecule is c1ccc2c(c1)CC(CNCC1CCN(C3CC3)C1)O2. The lowest BCUT2D eigenvalue weighted by molar-refractivity contribution is 0.224. The summed E-state index contributed by atoms with van der Waals surface area (Å²) >= 11 is 0. The molecule has 20 heavy (non-hydrogen) atoms. The van der Waals surface area contributed by atoms with E-state index in [1.165, 1.54) is 37.9 Å². The molecular weight excluding hydrogens is 248 g/mol. The second kappa shape index (κ2) is 5.38. The first kappa shape index (κ1) is 12.7. The topological polar surface area (TPSA) is 24.5 Å². The number of likely N-dealkylation sites (tertiary alicyclic amines) is 1. The lowest BCUT2D eigenvalue weighted by Gasteiger charge is -2.16. The summed E-state index contributed by atoms with van der Waals surface area (Å²) in [6.07, 6.45) is 5.63. The molecule has 108 valence electrons. The van der Waals surface area contributed by atoms with Crippen molar-refractivity contribution < 1.29 is 4.74 Å². The highest BCUT2D eigenvalue weighted by Gasteiger charge is 2.34. The molecule has 1 aromatic carbocycles. The molecule has 2 unspecified atom stereocenters. The third-order valence-corrected chi connectivity index (χ3v) is 4.90. The lowest BCUT2D eigenvalue weighted by Crippen LogP contribution is -2.34. The first-order valence-electron chi connectivity index (χ1n) is 8.08. The number of nitrogens with one attached hydrogen (secondary N) is 1. The average molecular weight is 272 g/mol. The van der Waals surface area contributed by atoms with Crippen molar-refractivity contribution in [3.63, 3.8) is 0 Å². The highest BCUT2D eigenvalue weighted by Crippen LogP contribution is 2.31. The summed E-state index contributed by atoms with van der Waals surface area (Å²) in [5.74, 6) is 1.93. The van der Waals surface area contributed by atoms with Crippen molar-refractivity contribution >= 4 is 0 Å². The maximum atomic E-state index is 5.97. The Kier molecular flexibility index (Phi) is 3.41. The Hall–Kier alpha value is -1.06. The van der Waals surface area contributed by atoms with Crippen LogP contribution in [0.25, 0.3) is 0 Å². The molecule has 0 aromatic heterocycles. The smallest absolute Gasteiger partial charge is 0.123 e. The zero-order valence-electron chi connectivity index (χ0n) is 12.1. The summed E-state index contributed by atoms with van der Waals surface area (Å²) in [4.78, 5) is 2.69. The summed E-state index contributed by atoms with van der Waals surface area (Å²) in [6.45, 7) is 4.76. The molecule has 1 saturated carbocycles. The summed E-state index contributed by atoms with van der Waals surface area (Å²) in [5.41, 5.74) is 1.36. The van der Waals surface area contributed by atoms with E-state index < -0.39 is 0 Å². The highest BCUT2D eigenvalue weighted by molar-refractivity contribution is 5.37. The normalized spacial score (nSPS) is 29.4. The molecule has 1 aliphatic carbocycles. The zero-order valence-corrected chi connectivity index (χ0v) is 12.1. The Balaban J connectivity index is 1.19. The van der Waals surface area contributed by atoms with Gasteiger partial charge in [-0.3, -0.25) is 0 Å². The van der Waals surface area contributed by atoms with E-state index in [4.69, 9.17) is 4.74 Å². The zero-order chi connectivity index (χ0) is 13.4. The third-order valence-electron chi connectivity index (χ3n) is 4.90. The van der Waals surface area contributed by atoms with Gasteiger partial charge in [-0.05, 0) is 49.9 Å². The predicted molar refractivity (Wildman–Crippen MR) is 80.1 cm³/mol. The average Bonchev–Trinajstić information content (AvgIpc) is 3.06. The second-order valence-electron chi connectivity index (χ2n) is 6.59. The minimum absolute atomic E-state index is 0.327. The van der Waals surface area contributed by atoms with E-state index in [-0.39, 0.29) is 0 Å². The van der Waals surface area contributed by atoms with E-state index >= 15 is 0 Å². The fourth-order valence-corrected chi connectivity index (χ4v) is 3.62. The number of para-hydroxylation sites is 1. The fraction of sp³-hybridized carbons (Fsp3) is 0.647. The van der Waals surface area contributed by atoms with Crippen LogP contribution < -0.4 is 10.1 Å². The quantitative estimate of drug-likeness (QED) is 0.888. The van der Waals surface area contributed by atoms with Gasteiger partial charge >= 0.3 is 0 Å². The molecule has 1 aromatic rings. The van der Waals surface area contributed by atoms with Crippen LogP contribution in [0.5, 0.6) is 5.75 Å². The number of ether oxygens (including phenoxy) is 1. The molecule has 1 N–H and O–H groups in total. The Morgan fingerprint density at radius 2 is 2.05 bits per heavy atom. The monoisotopic (exact) mass is 272 g/mol. The van der Waals surface area contributed by atoms with Crippen LogP contribution in [0, 0.1) is 5.92 Å². The largest absolute Gasteiger partial charge is 0.488 e. The molecule has 0 bridgehead atoms. The summed E-state index contributed by atoms with van der Waals surface area (Å²) in [6, 6.07) is 9.36. The van der Waals surface area contributed by atoms with Gasteiger partial charge in [0.25, 0.3) is 0 Å². The molecule has 0 radical (unpaired) electrons. The first-order chi connectivity index (χ1) is 9.88. The summed E-state index contributed by atoms with van der Waals surface area (Å²) in [7, 11) is 0. The number of rotatable bonds is 5. The van der Waals surface area contributed by atoms with Gasteiger partial charge in [-0.15, -0.1) is 0 Å². The summed E-state index contributed by atoms with van der Waals surface area (Å²) in [5, 5.41) is 3.63. The Morgan fingerprint density at radius 1 is 1.15 bits per heavy atom. The van der Waals surface area contributed by atoms with Crippen molar-refractivity contribution in [3.05, 3.63) is 29.8 Å². The van der Waals surface area contributed by atoms with Crippen molar-refractivity contribution in [1.82, 2.24) is 10.2 Å². The van der Waals surface area contributed by atoms with Gasteiger partial charge in [-0.25, -0.2) is 0 Å². The van der Waals surface area contributed by atoms with E-state index in [1.807, 2.05) is 0 Å². The Morgan fingerprint density at radius 3 is 2.90 bits per heavy atom. The van der Waals surface area contributed by atoms with Crippen molar-refractivity contribution in [2.75, 3.05) is 26.2 Å². The highest BCUT2D eigenvalue weighted by atomic mass is 16.5. The predicted octanol–water partition coefficient (Wildman–Crippen LogP) is 2.06. The molecule has 3 heteroatoms. The van der Waals surface area contributed by atoms with Gasteiger partial charge in [0.2, 0.25) is 0 Å². The molecular formula is C17H24N2O. The van der Waals surface area contributed by atoms with E-state index in [0.717, 1.165) is 37.2 Å². The van der Waals surface area contributed by atoms with Gasteiger partial charge < -0.3 is 15.0 Å². The summed E-state index contributed by atoms with van der Waals surface area (Å²) < 4.78 is 5.97. The fourth-order valence-electron chi connectivity index (χ4n) is 3.62. The van der Waals surface area contributed by atoms with E-state index in [1.54, 1.807) is 0 Å². The molecule has 0 spiro atoms. The van der Waals surface area contributed by atoms with Gasteiger partial charge in [-0.2, -0.15) is 0 Å². The molecule has 3 aliphatic rings. The van der Waals surface area contributed by atoms with Gasteiger partial charge in [-0.1, -0.05) is 18.2 Å². The van der Waals surface area contributed by atoms with Gasteiger partial charge in [0.15, 0.2) is 0 Å². The van der Waals surface area contributed by atoms with Crippen LogP contribution in [0.4, 0.5) is 0 Å². The van der Waals surface area contributed by atoms with E-state index in [0.29, 0.717) is 6.10 Å². The van der Waals surface area contributed by atoms with Crippen LogP contribution in [0.3, 0.4) is 0 Å². The van der Waals surface area contributed by atoms with Crippen LogP contribution >= 0.6 is 0 Å². The maximum Gasteiger partial charge on any atom is 0.123 e. The molecule has 3 nitrogen and oxygen atoms in total. The van der Waals surface area contributed by atoms with E-state index in [2.05, 4.69) is 34.5 Å². The maximum absolute atomic E-state index is 5.97. The molecule has 2 atom stereocenters. The lowest BCUT2D eigenvalue weighted by atomic mass is 10.1. The van der Waals surface area contributed by atoms with Gasteiger partial charge in [0.05, 0.1) is 0 Å². The standard InChI is InChI=1S/C17H24N2O/c1-2-4-17-14(3-1)9-16(20-17)11-18-10-13-7-8-19(12-13)15-5-6-15/h1-4,13,15-16,18H,5-12H2. The Bertz CT molecular complexity index is 447. The number of fused-ring (bicyclic) bond motifs is 1.